The average Bonchev–Trinajstić information content (AvgIpc) is 1.83. The van der Waals surface area contributed by atoms with Crippen molar-refractivity contribution in [1.82, 2.24) is 5.32 Å². The van der Waals surface area contributed by atoms with Crippen LogP contribution in [0.25, 0.3) is 0 Å². The molecule has 0 aromatic rings. The van der Waals surface area contributed by atoms with E-state index in [0.717, 1.165) is 11.8 Å². The summed E-state index contributed by atoms with van der Waals surface area (Å²) in [4.78, 5) is 19.9. The number of amides is 1. The van der Waals surface area contributed by atoms with Gasteiger partial charge in [-0.3, -0.25) is 4.79 Å². The van der Waals surface area contributed by atoms with Gasteiger partial charge >= 0.3 is 0 Å². The van der Waals surface area contributed by atoms with Gasteiger partial charge in [0.05, 0.1) is 5.75 Å². The van der Waals surface area contributed by atoms with E-state index in [0.29, 0.717) is 6.29 Å². The minimum Gasteiger partial charge on any atom is -0.350 e. The van der Waals surface area contributed by atoms with Gasteiger partial charge in [-0.2, -0.15) is 0 Å². The van der Waals surface area contributed by atoms with Gasteiger partial charge < -0.3 is 10.1 Å². The molecule has 0 radical (unpaired) electrons. The van der Waals surface area contributed by atoms with Gasteiger partial charge in [0.2, 0.25) is 0 Å². The van der Waals surface area contributed by atoms with Crippen LogP contribution in [-0.4, -0.2) is 24.3 Å². The van der Waals surface area contributed by atoms with E-state index in [-0.39, 0.29) is 11.0 Å². The second kappa shape index (κ2) is 4.64. The molecule has 8 heavy (non-hydrogen) atoms. The zero-order chi connectivity index (χ0) is 6.41. The standard InChI is InChI=1S/C4H7NO2S/c1-5-4(7)8-3-2-6/h2H,3H2,1H3,(H,5,7). The maximum Gasteiger partial charge on any atom is 0.279 e. The van der Waals surface area contributed by atoms with E-state index in [1.54, 1.807) is 0 Å². The quantitative estimate of drug-likeness (QED) is 0.549. The van der Waals surface area contributed by atoms with Crippen LogP contribution in [0, 0.1) is 0 Å². The molecule has 0 atom stereocenters. The van der Waals surface area contributed by atoms with Gasteiger partial charge in [0.15, 0.2) is 0 Å². The lowest BCUT2D eigenvalue weighted by molar-refractivity contribution is -0.105. The van der Waals surface area contributed by atoms with E-state index in [1.165, 1.54) is 7.05 Å². The van der Waals surface area contributed by atoms with Crippen LogP contribution in [0.1, 0.15) is 0 Å². The Balaban J connectivity index is 3.11. The molecule has 0 aliphatic carbocycles. The molecule has 0 aromatic heterocycles. The van der Waals surface area contributed by atoms with Gasteiger partial charge in [-0.15, -0.1) is 0 Å². The summed E-state index contributed by atoms with van der Waals surface area (Å²) in [6, 6.07) is 0. The Morgan fingerprint density at radius 3 is 2.88 bits per heavy atom. The van der Waals surface area contributed by atoms with Crippen LogP contribution in [-0.2, 0) is 4.79 Å². The first-order valence-electron chi connectivity index (χ1n) is 2.09. The molecule has 0 rings (SSSR count). The van der Waals surface area contributed by atoms with Gasteiger partial charge in [-0.25, -0.2) is 0 Å². The highest BCUT2D eigenvalue weighted by atomic mass is 32.2. The molecule has 46 valence electrons. The molecule has 0 fully saturated rings. The van der Waals surface area contributed by atoms with Gasteiger partial charge in [-0.1, -0.05) is 11.8 Å². The maximum absolute atomic E-state index is 10.3. The third-order valence-electron chi connectivity index (χ3n) is 0.487. The lowest BCUT2D eigenvalue weighted by Crippen LogP contribution is -2.11. The van der Waals surface area contributed by atoms with Gasteiger partial charge in [-0.05, 0) is 0 Å². The molecular weight excluding hydrogens is 126 g/mol. The van der Waals surface area contributed by atoms with Gasteiger partial charge in [0.25, 0.3) is 5.24 Å². The molecule has 0 unspecified atom stereocenters. The third-order valence-corrected chi connectivity index (χ3v) is 1.26. The number of carbonyl (C=O) groups is 2. The van der Waals surface area contributed by atoms with E-state index in [9.17, 15) is 9.59 Å². The number of rotatable bonds is 2. The molecular formula is C4H7NO2S. The average molecular weight is 133 g/mol. The van der Waals surface area contributed by atoms with Crippen molar-refractivity contribution in [2.24, 2.45) is 0 Å². The topological polar surface area (TPSA) is 46.2 Å². The lowest BCUT2D eigenvalue weighted by Gasteiger charge is -1.90. The highest BCUT2D eigenvalue weighted by Gasteiger charge is 1.93. The summed E-state index contributed by atoms with van der Waals surface area (Å²) in [5, 5.41) is 2.20. The molecule has 0 bridgehead atoms. The number of aldehydes is 1. The van der Waals surface area contributed by atoms with Crippen LogP contribution >= 0.6 is 11.8 Å². The zero-order valence-electron chi connectivity index (χ0n) is 4.51. The van der Waals surface area contributed by atoms with E-state index >= 15 is 0 Å². The van der Waals surface area contributed by atoms with E-state index < -0.39 is 0 Å². The number of nitrogens with one attached hydrogen (secondary N) is 1. The third kappa shape index (κ3) is 3.67. The summed E-state index contributed by atoms with van der Waals surface area (Å²) in [7, 11) is 1.53. The van der Waals surface area contributed by atoms with Crippen molar-refractivity contribution in [2.45, 2.75) is 0 Å². The van der Waals surface area contributed by atoms with E-state index in [2.05, 4.69) is 5.32 Å². The second-order valence-corrected chi connectivity index (χ2v) is 2.01. The molecule has 4 heteroatoms. The largest absolute Gasteiger partial charge is 0.350 e. The second-order valence-electron chi connectivity index (χ2n) is 1.02. The predicted octanol–water partition coefficient (Wildman–Crippen LogP) is 0.258. The summed E-state index contributed by atoms with van der Waals surface area (Å²) < 4.78 is 0. The molecule has 3 nitrogen and oxygen atoms in total. The Bertz CT molecular complexity index is 94.0. The van der Waals surface area contributed by atoms with E-state index in [4.69, 9.17) is 0 Å². The molecule has 0 aromatic carbocycles. The van der Waals surface area contributed by atoms with Crippen molar-refractivity contribution in [1.29, 1.82) is 0 Å². The summed E-state index contributed by atoms with van der Waals surface area (Å²) in [5.74, 6) is 0.236. The molecule has 0 saturated heterocycles. The van der Waals surface area contributed by atoms with Gasteiger partial charge in [0, 0.05) is 7.05 Å². The normalized spacial score (nSPS) is 8.12. The Hall–Kier alpha value is -0.510. The predicted molar refractivity (Wildman–Crippen MR) is 33.0 cm³/mol. The minimum atomic E-state index is -0.169. The van der Waals surface area contributed by atoms with Gasteiger partial charge in [0.1, 0.15) is 6.29 Å². The van der Waals surface area contributed by atoms with Crippen LogP contribution in [0.3, 0.4) is 0 Å². The van der Waals surface area contributed by atoms with Crippen LogP contribution in [0.5, 0.6) is 0 Å². The van der Waals surface area contributed by atoms with Crippen molar-refractivity contribution >= 4 is 23.3 Å². The van der Waals surface area contributed by atoms with Crippen LogP contribution < -0.4 is 5.32 Å². The van der Waals surface area contributed by atoms with E-state index in [1.807, 2.05) is 0 Å². The fourth-order valence-electron chi connectivity index (χ4n) is 0.182. The fraction of sp³-hybridized carbons (Fsp3) is 0.500. The van der Waals surface area contributed by atoms with Crippen molar-refractivity contribution in [3.8, 4) is 0 Å². The lowest BCUT2D eigenvalue weighted by atomic mass is 10.9. The number of carbonyl (C=O) groups excluding carboxylic acids is 2. The molecule has 0 spiro atoms. The summed E-state index contributed by atoms with van der Waals surface area (Å²) in [6.07, 6.45) is 0.694. The minimum absolute atomic E-state index is 0.169. The monoisotopic (exact) mass is 133 g/mol. The first kappa shape index (κ1) is 7.49. The van der Waals surface area contributed by atoms with Crippen LogP contribution in [0.4, 0.5) is 4.79 Å². The van der Waals surface area contributed by atoms with Crippen LogP contribution in [0.2, 0.25) is 0 Å². The number of hydrogen-bond donors (Lipinski definition) is 1. The summed E-state index contributed by atoms with van der Waals surface area (Å²) >= 11 is 0.958. The fourth-order valence-corrected chi connectivity index (χ4v) is 0.546. The zero-order valence-corrected chi connectivity index (χ0v) is 5.33. The Kier molecular flexibility index (Phi) is 4.35. The highest BCUT2D eigenvalue weighted by molar-refractivity contribution is 8.14. The SMILES string of the molecule is CNC(=O)SCC=O. The van der Waals surface area contributed by atoms with Crippen molar-refractivity contribution in [3.63, 3.8) is 0 Å². The van der Waals surface area contributed by atoms with Crippen LogP contribution in [0.15, 0.2) is 0 Å². The first-order chi connectivity index (χ1) is 3.81. The van der Waals surface area contributed by atoms with Crippen molar-refractivity contribution in [2.75, 3.05) is 12.8 Å². The number of hydrogen-bond acceptors (Lipinski definition) is 3. The molecule has 0 saturated carbocycles. The Morgan fingerprint density at radius 1 is 1.88 bits per heavy atom. The molecule has 0 aliphatic heterocycles. The maximum atomic E-state index is 10.3. The number of thioether (sulfide) groups is 1. The molecule has 0 aliphatic rings. The molecule has 0 heterocycles. The smallest absolute Gasteiger partial charge is 0.279 e. The Labute approximate surface area is 51.8 Å². The highest BCUT2D eigenvalue weighted by Crippen LogP contribution is 1.95. The first-order valence-corrected chi connectivity index (χ1v) is 3.08. The molecule has 1 N–H and O–H groups in total. The van der Waals surface area contributed by atoms with Crippen molar-refractivity contribution < 1.29 is 9.59 Å². The summed E-state index contributed by atoms with van der Waals surface area (Å²) in [6.45, 7) is 0. The Morgan fingerprint density at radius 2 is 2.50 bits per heavy atom. The van der Waals surface area contributed by atoms with Crippen molar-refractivity contribution in [3.05, 3.63) is 0 Å². The molecule has 1 amide bonds. The summed E-state index contributed by atoms with van der Waals surface area (Å²) in [5.41, 5.74) is 0.